The molecular weight excluding hydrogens is 831 g/mol. The molecule has 0 radical (unpaired) electrons. The Hall–Kier alpha value is -7.74. The Bertz CT molecular complexity index is 3550. The molecule has 0 spiro atoms. The van der Waals surface area contributed by atoms with Crippen LogP contribution in [0, 0.1) is 0 Å². The summed E-state index contributed by atoms with van der Waals surface area (Å²) in [6, 6.07) is 68.6. The number of hydrogen-bond acceptors (Lipinski definition) is 1. The third kappa shape index (κ3) is 6.89. The fourth-order valence-electron chi connectivity index (χ4n) is 12.3. The molecule has 334 valence electrons. The summed E-state index contributed by atoms with van der Waals surface area (Å²) in [6.07, 6.45) is 20.2. The zero-order chi connectivity index (χ0) is 46.9. The summed E-state index contributed by atoms with van der Waals surface area (Å²) < 4.78 is 0. The Labute approximate surface area is 408 Å². The van der Waals surface area contributed by atoms with E-state index in [-0.39, 0.29) is 10.8 Å². The van der Waals surface area contributed by atoms with Gasteiger partial charge in [-0.1, -0.05) is 227 Å². The minimum absolute atomic E-state index is 0.181. The summed E-state index contributed by atoms with van der Waals surface area (Å²) in [4.78, 5) is 2.65. The van der Waals surface area contributed by atoms with Crippen molar-refractivity contribution in [1.82, 2.24) is 0 Å². The van der Waals surface area contributed by atoms with Gasteiger partial charge in [-0.15, -0.1) is 0 Å². The second-order valence-electron chi connectivity index (χ2n) is 20.5. The molecule has 1 atom stereocenters. The van der Waals surface area contributed by atoms with Crippen LogP contribution >= 0.6 is 0 Å². The van der Waals surface area contributed by atoms with Gasteiger partial charge >= 0.3 is 0 Å². The van der Waals surface area contributed by atoms with E-state index in [0.717, 1.165) is 24.2 Å². The first-order chi connectivity index (χ1) is 33.6. The Morgan fingerprint density at radius 3 is 1.99 bits per heavy atom. The van der Waals surface area contributed by atoms with Crippen molar-refractivity contribution >= 4 is 33.8 Å². The Morgan fingerprint density at radius 2 is 1.19 bits per heavy atom. The van der Waals surface area contributed by atoms with E-state index in [1.165, 1.54) is 100.0 Å². The second kappa shape index (κ2) is 16.5. The van der Waals surface area contributed by atoms with Crippen LogP contribution in [-0.4, -0.2) is 0 Å². The van der Waals surface area contributed by atoms with E-state index in [9.17, 15) is 0 Å². The van der Waals surface area contributed by atoms with E-state index < -0.39 is 5.41 Å². The van der Waals surface area contributed by atoms with Crippen molar-refractivity contribution < 1.29 is 0 Å². The Balaban J connectivity index is 1.20. The molecule has 0 saturated heterocycles. The average molecular weight is 888 g/mol. The lowest BCUT2D eigenvalue weighted by Crippen LogP contribution is -2.33. The van der Waals surface area contributed by atoms with Crippen LogP contribution in [-0.2, 0) is 22.7 Å². The smallest absolute Gasteiger partial charge is 0.0540 e. The number of hydrogen-bond donors (Lipinski definition) is 0. The molecule has 0 aromatic heterocycles. The van der Waals surface area contributed by atoms with Crippen LogP contribution in [0.25, 0.3) is 44.7 Å². The van der Waals surface area contributed by atoms with Gasteiger partial charge in [-0.3, -0.25) is 0 Å². The molecule has 1 unspecified atom stereocenters. The maximum atomic E-state index is 2.65. The minimum Gasteiger partial charge on any atom is -0.313 e. The fourth-order valence-corrected chi connectivity index (χ4v) is 12.3. The van der Waals surface area contributed by atoms with Gasteiger partial charge < -0.3 is 4.90 Å². The standard InChI is InChI=1S/C68H57N/c1-46-22-9-6-12-27-51-41-59(50-37-36-48-25-15-16-26-49(48)40-50)65(44-62(51)68(46,52-28-13-8-14-29-52)45-47-23-10-7-11-24-47)69(54-38-39-58-56-32-18-20-35-61(56)67(4,5)64(58)43-54)53-30-21-33-57-55-31-17-19-34-60(55)66(2,3)63(57)42-53/h6-29,31-44H,30,45H2,1-5H3/b9-6-,27-12+,46-22+. The van der Waals surface area contributed by atoms with E-state index in [1.54, 1.807) is 0 Å². The van der Waals surface area contributed by atoms with Crippen molar-refractivity contribution in [3.63, 3.8) is 0 Å². The maximum absolute atomic E-state index is 2.65. The molecule has 4 aliphatic carbocycles. The van der Waals surface area contributed by atoms with Crippen molar-refractivity contribution in [3.05, 3.63) is 286 Å². The first-order valence-electron chi connectivity index (χ1n) is 24.7. The predicted molar refractivity (Wildman–Crippen MR) is 293 cm³/mol. The molecule has 0 heterocycles. The molecule has 0 saturated carbocycles. The summed E-state index contributed by atoms with van der Waals surface area (Å²) in [7, 11) is 0. The average Bonchev–Trinajstić information content (AvgIpc) is 3.61. The molecule has 0 aliphatic heterocycles. The third-order valence-electron chi connectivity index (χ3n) is 15.9. The van der Waals surface area contributed by atoms with E-state index in [2.05, 4.69) is 270 Å². The van der Waals surface area contributed by atoms with E-state index in [4.69, 9.17) is 0 Å². The number of anilines is 2. The van der Waals surface area contributed by atoms with Crippen LogP contribution in [0.15, 0.2) is 241 Å². The van der Waals surface area contributed by atoms with Crippen LogP contribution in [0.4, 0.5) is 11.4 Å². The third-order valence-corrected chi connectivity index (χ3v) is 15.9. The maximum Gasteiger partial charge on any atom is 0.0540 e. The first-order valence-corrected chi connectivity index (χ1v) is 24.7. The number of nitrogens with zero attached hydrogens (tertiary/aromatic N) is 1. The SMILES string of the molecule is C\C1=C/C=C\C=C\c2cc(-c3ccc4ccccc4c3)c(N(C3=CC4=C(C=CC3)c3ccccc3C4(C)C)c3ccc4c(c3)C(C)(C)c3ccccc3-4)cc2C1(Cc1ccccc1)c1ccccc1. The first kappa shape index (κ1) is 42.6. The van der Waals surface area contributed by atoms with E-state index in [1.807, 2.05) is 0 Å². The van der Waals surface area contributed by atoms with Gasteiger partial charge in [0.05, 0.1) is 5.69 Å². The van der Waals surface area contributed by atoms with Gasteiger partial charge in [0.2, 0.25) is 0 Å². The van der Waals surface area contributed by atoms with Crippen LogP contribution in [0.2, 0.25) is 0 Å². The zero-order valence-electron chi connectivity index (χ0n) is 40.3. The second-order valence-corrected chi connectivity index (χ2v) is 20.5. The molecule has 0 bridgehead atoms. The largest absolute Gasteiger partial charge is 0.313 e. The van der Waals surface area contributed by atoms with Gasteiger partial charge in [0.25, 0.3) is 0 Å². The quantitative estimate of drug-likeness (QED) is 0.154. The van der Waals surface area contributed by atoms with Gasteiger partial charge in [0, 0.05) is 39.6 Å². The van der Waals surface area contributed by atoms with Gasteiger partial charge in [0.1, 0.15) is 0 Å². The number of allylic oxidation sites excluding steroid dienone is 10. The normalized spacial score (nSPS) is 19.8. The van der Waals surface area contributed by atoms with E-state index >= 15 is 0 Å². The summed E-state index contributed by atoms with van der Waals surface area (Å²) in [5.41, 5.74) is 22.2. The van der Waals surface area contributed by atoms with Crippen molar-refractivity contribution in [2.24, 2.45) is 0 Å². The fraction of sp³-hybridized carbons (Fsp3) is 0.147. The van der Waals surface area contributed by atoms with Crippen molar-refractivity contribution in [1.29, 1.82) is 0 Å². The molecule has 1 nitrogen and oxygen atoms in total. The molecule has 4 aliphatic rings. The molecule has 0 amide bonds. The molecule has 1 heteroatoms. The van der Waals surface area contributed by atoms with Crippen LogP contribution < -0.4 is 4.90 Å². The monoisotopic (exact) mass is 887 g/mol. The van der Waals surface area contributed by atoms with Crippen LogP contribution in [0.3, 0.4) is 0 Å². The Kier molecular flexibility index (Phi) is 10.2. The molecule has 12 rings (SSSR count). The predicted octanol–water partition coefficient (Wildman–Crippen LogP) is 17.6. The number of fused-ring (bicyclic) bond motifs is 7. The molecular formula is C68H57N. The molecule has 0 fully saturated rings. The van der Waals surface area contributed by atoms with Crippen molar-refractivity contribution in [2.75, 3.05) is 4.90 Å². The molecule has 69 heavy (non-hydrogen) atoms. The van der Waals surface area contributed by atoms with Crippen molar-refractivity contribution in [2.45, 2.75) is 63.7 Å². The summed E-state index contributed by atoms with van der Waals surface area (Å²) in [5.74, 6) is 0. The highest BCUT2D eigenvalue weighted by Crippen LogP contribution is 2.55. The highest BCUT2D eigenvalue weighted by molar-refractivity contribution is 5.95. The lowest BCUT2D eigenvalue weighted by Gasteiger charge is -2.40. The topological polar surface area (TPSA) is 3.24 Å². The minimum atomic E-state index is -0.524. The number of rotatable bonds is 7. The van der Waals surface area contributed by atoms with Crippen LogP contribution in [0.1, 0.15) is 85.5 Å². The molecule has 8 aromatic rings. The van der Waals surface area contributed by atoms with Crippen LogP contribution in [0.5, 0.6) is 0 Å². The van der Waals surface area contributed by atoms with Gasteiger partial charge in [0.15, 0.2) is 0 Å². The highest BCUT2D eigenvalue weighted by Gasteiger charge is 2.41. The highest BCUT2D eigenvalue weighted by atomic mass is 15.2. The van der Waals surface area contributed by atoms with Gasteiger partial charge in [-0.25, -0.2) is 0 Å². The summed E-state index contributed by atoms with van der Waals surface area (Å²) in [5, 5.41) is 2.46. The van der Waals surface area contributed by atoms with Gasteiger partial charge in [-0.2, -0.15) is 0 Å². The van der Waals surface area contributed by atoms with Gasteiger partial charge in [-0.05, 0) is 133 Å². The molecule has 0 N–H and O–H groups in total. The lowest BCUT2D eigenvalue weighted by atomic mass is 9.64. The molecule has 8 aromatic carbocycles. The van der Waals surface area contributed by atoms with Crippen molar-refractivity contribution in [3.8, 4) is 22.3 Å². The number of benzene rings is 8. The Morgan fingerprint density at radius 1 is 0.507 bits per heavy atom. The lowest BCUT2D eigenvalue weighted by molar-refractivity contribution is 0.597. The summed E-state index contributed by atoms with van der Waals surface area (Å²) >= 11 is 0. The van der Waals surface area contributed by atoms with E-state index in [0.29, 0.717) is 0 Å². The summed E-state index contributed by atoms with van der Waals surface area (Å²) in [6.45, 7) is 12.0. The zero-order valence-corrected chi connectivity index (χ0v) is 40.3.